The van der Waals surface area contributed by atoms with Gasteiger partial charge in [0.1, 0.15) is 5.75 Å². The van der Waals surface area contributed by atoms with E-state index < -0.39 is 0 Å². The minimum atomic E-state index is -0.291. The third kappa shape index (κ3) is 4.43. The lowest BCUT2D eigenvalue weighted by molar-refractivity contribution is -0.115. The van der Waals surface area contributed by atoms with Gasteiger partial charge in [0.05, 0.1) is 22.7 Å². The standard InChI is InChI=1S/C17H15N3O3S2/c1-10-4-5-12(13(21)7-10)19-15(22)8-11-9-25-17(18-11)20-16(23)14-3-2-6-24-14/h2-7,9,21H,8H2,1H3,(H,19,22)(H,18,20,23). The summed E-state index contributed by atoms with van der Waals surface area (Å²) in [4.78, 5) is 28.9. The molecule has 25 heavy (non-hydrogen) atoms. The molecule has 0 aliphatic heterocycles. The Balaban J connectivity index is 1.59. The van der Waals surface area contributed by atoms with Gasteiger partial charge in [-0.25, -0.2) is 4.98 Å². The van der Waals surface area contributed by atoms with Crippen LogP contribution >= 0.6 is 22.7 Å². The van der Waals surface area contributed by atoms with E-state index in [4.69, 9.17) is 0 Å². The van der Waals surface area contributed by atoms with Gasteiger partial charge in [0.25, 0.3) is 5.91 Å². The van der Waals surface area contributed by atoms with Gasteiger partial charge in [0, 0.05) is 5.38 Å². The maximum absolute atomic E-state index is 12.1. The summed E-state index contributed by atoms with van der Waals surface area (Å²) in [6, 6.07) is 8.57. The molecule has 8 heteroatoms. The van der Waals surface area contributed by atoms with Crippen LogP contribution in [0, 0.1) is 6.92 Å². The summed E-state index contributed by atoms with van der Waals surface area (Å²) in [7, 11) is 0. The normalized spacial score (nSPS) is 10.4. The molecule has 128 valence electrons. The molecule has 0 spiro atoms. The number of aromatic nitrogens is 1. The van der Waals surface area contributed by atoms with Gasteiger partial charge in [-0.2, -0.15) is 0 Å². The number of carbonyl (C=O) groups is 2. The number of aryl methyl sites for hydroxylation is 1. The highest BCUT2D eigenvalue weighted by molar-refractivity contribution is 7.14. The van der Waals surface area contributed by atoms with Crippen LogP contribution in [0.15, 0.2) is 41.1 Å². The van der Waals surface area contributed by atoms with Gasteiger partial charge in [-0.3, -0.25) is 14.9 Å². The van der Waals surface area contributed by atoms with E-state index in [1.165, 1.54) is 22.7 Å². The minimum Gasteiger partial charge on any atom is -0.506 e. The molecule has 0 bridgehead atoms. The van der Waals surface area contributed by atoms with Crippen molar-refractivity contribution in [2.75, 3.05) is 10.6 Å². The van der Waals surface area contributed by atoms with E-state index in [-0.39, 0.29) is 24.0 Å². The predicted molar refractivity (Wildman–Crippen MR) is 99.6 cm³/mol. The smallest absolute Gasteiger partial charge is 0.267 e. The van der Waals surface area contributed by atoms with Gasteiger partial charge in [0.2, 0.25) is 5.91 Å². The number of anilines is 2. The number of carbonyl (C=O) groups excluding carboxylic acids is 2. The fourth-order valence-corrected chi connectivity index (χ4v) is 3.44. The highest BCUT2D eigenvalue weighted by atomic mass is 32.1. The second-order valence-electron chi connectivity index (χ2n) is 5.32. The van der Waals surface area contributed by atoms with Gasteiger partial charge in [0.15, 0.2) is 5.13 Å². The largest absolute Gasteiger partial charge is 0.506 e. The van der Waals surface area contributed by atoms with Crippen molar-refractivity contribution in [1.29, 1.82) is 0 Å². The van der Waals surface area contributed by atoms with E-state index in [9.17, 15) is 14.7 Å². The molecule has 6 nitrogen and oxygen atoms in total. The zero-order chi connectivity index (χ0) is 17.8. The van der Waals surface area contributed by atoms with Crippen molar-refractivity contribution < 1.29 is 14.7 Å². The molecular formula is C17H15N3O3S2. The Morgan fingerprint density at radius 2 is 2.04 bits per heavy atom. The number of amides is 2. The fraction of sp³-hybridized carbons (Fsp3) is 0.118. The van der Waals surface area contributed by atoms with Crippen LogP contribution in [-0.2, 0) is 11.2 Å². The Kier molecular flexibility index (Phi) is 5.11. The number of hydrogen-bond donors (Lipinski definition) is 3. The zero-order valence-electron chi connectivity index (χ0n) is 13.3. The zero-order valence-corrected chi connectivity index (χ0v) is 14.9. The lowest BCUT2D eigenvalue weighted by Gasteiger charge is -2.07. The molecule has 2 aromatic heterocycles. The van der Waals surface area contributed by atoms with Gasteiger partial charge < -0.3 is 10.4 Å². The molecule has 0 unspecified atom stereocenters. The van der Waals surface area contributed by atoms with Crippen LogP contribution in [0.25, 0.3) is 0 Å². The number of thiazole rings is 1. The Morgan fingerprint density at radius 1 is 1.20 bits per heavy atom. The van der Waals surface area contributed by atoms with E-state index in [0.29, 0.717) is 21.4 Å². The number of nitrogens with one attached hydrogen (secondary N) is 2. The molecule has 0 atom stereocenters. The topological polar surface area (TPSA) is 91.3 Å². The quantitative estimate of drug-likeness (QED) is 0.595. The number of aromatic hydroxyl groups is 1. The van der Waals surface area contributed by atoms with E-state index in [0.717, 1.165) is 5.56 Å². The molecular weight excluding hydrogens is 358 g/mol. The summed E-state index contributed by atoms with van der Waals surface area (Å²) in [5, 5.41) is 19.2. The van der Waals surface area contributed by atoms with Crippen LogP contribution < -0.4 is 10.6 Å². The van der Waals surface area contributed by atoms with Crippen molar-refractivity contribution in [2.45, 2.75) is 13.3 Å². The number of hydrogen-bond acceptors (Lipinski definition) is 6. The van der Waals surface area contributed by atoms with Crippen LogP contribution in [0.4, 0.5) is 10.8 Å². The average Bonchev–Trinajstić information content (AvgIpc) is 3.22. The lowest BCUT2D eigenvalue weighted by Crippen LogP contribution is -2.15. The van der Waals surface area contributed by atoms with Crippen molar-refractivity contribution in [1.82, 2.24) is 4.98 Å². The number of rotatable bonds is 5. The molecule has 3 N–H and O–H groups in total. The average molecular weight is 373 g/mol. The molecule has 1 aromatic carbocycles. The van der Waals surface area contributed by atoms with Crippen molar-refractivity contribution in [2.24, 2.45) is 0 Å². The highest BCUT2D eigenvalue weighted by Crippen LogP contribution is 2.24. The van der Waals surface area contributed by atoms with Crippen LogP contribution in [0.1, 0.15) is 20.9 Å². The van der Waals surface area contributed by atoms with Gasteiger partial charge in [-0.1, -0.05) is 12.1 Å². The van der Waals surface area contributed by atoms with Gasteiger partial charge >= 0.3 is 0 Å². The predicted octanol–water partition coefficient (Wildman–Crippen LogP) is 3.65. The monoisotopic (exact) mass is 373 g/mol. The summed E-state index contributed by atoms with van der Waals surface area (Å²) in [5.41, 5.74) is 1.81. The lowest BCUT2D eigenvalue weighted by atomic mass is 10.2. The Morgan fingerprint density at radius 3 is 2.76 bits per heavy atom. The van der Waals surface area contributed by atoms with Gasteiger partial charge in [-0.05, 0) is 36.1 Å². The number of phenolic OH excluding ortho intramolecular Hbond substituents is 1. The first-order valence-electron chi connectivity index (χ1n) is 7.40. The number of benzene rings is 1. The fourth-order valence-electron chi connectivity index (χ4n) is 2.12. The molecule has 3 rings (SSSR count). The van der Waals surface area contributed by atoms with E-state index in [1.807, 2.05) is 12.3 Å². The van der Waals surface area contributed by atoms with Crippen molar-refractivity contribution >= 4 is 45.3 Å². The molecule has 0 saturated heterocycles. The first-order valence-corrected chi connectivity index (χ1v) is 9.16. The van der Waals surface area contributed by atoms with Gasteiger partial charge in [-0.15, -0.1) is 22.7 Å². The summed E-state index contributed by atoms with van der Waals surface area (Å²) >= 11 is 2.61. The Bertz CT molecular complexity index is 904. The maximum Gasteiger partial charge on any atom is 0.267 e. The number of nitrogens with zero attached hydrogens (tertiary/aromatic N) is 1. The van der Waals surface area contributed by atoms with E-state index >= 15 is 0 Å². The third-order valence-corrected chi connectivity index (χ3v) is 4.96. The van der Waals surface area contributed by atoms with Crippen LogP contribution in [0.5, 0.6) is 5.75 Å². The summed E-state index contributed by atoms with van der Waals surface area (Å²) in [6.07, 6.45) is 0.0543. The van der Waals surface area contributed by atoms with Crippen LogP contribution in [0.3, 0.4) is 0 Å². The maximum atomic E-state index is 12.1. The van der Waals surface area contributed by atoms with Crippen LogP contribution in [-0.4, -0.2) is 21.9 Å². The number of thiophene rings is 1. The molecule has 0 radical (unpaired) electrons. The van der Waals surface area contributed by atoms with Crippen molar-refractivity contribution in [3.63, 3.8) is 0 Å². The Labute approximate surface area is 152 Å². The minimum absolute atomic E-state index is 0.0236. The second kappa shape index (κ2) is 7.45. The molecule has 2 amide bonds. The molecule has 0 aliphatic rings. The first-order chi connectivity index (χ1) is 12.0. The van der Waals surface area contributed by atoms with E-state index in [2.05, 4.69) is 15.6 Å². The molecule has 3 aromatic rings. The van der Waals surface area contributed by atoms with Crippen molar-refractivity contribution in [3.05, 3.63) is 57.2 Å². The van der Waals surface area contributed by atoms with Crippen molar-refractivity contribution in [3.8, 4) is 5.75 Å². The second-order valence-corrected chi connectivity index (χ2v) is 7.13. The molecule has 2 heterocycles. The summed E-state index contributed by atoms with van der Waals surface area (Å²) in [5.74, 6) is -0.485. The SMILES string of the molecule is Cc1ccc(NC(=O)Cc2csc(NC(=O)c3cccs3)n2)c(O)c1. The first kappa shape index (κ1) is 17.1. The molecule has 0 fully saturated rings. The molecule has 0 aliphatic carbocycles. The highest BCUT2D eigenvalue weighted by Gasteiger charge is 2.13. The van der Waals surface area contributed by atoms with E-state index in [1.54, 1.807) is 35.7 Å². The summed E-state index contributed by atoms with van der Waals surface area (Å²) < 4.78 is 0. The molecule has 0 saturated carbocycles. The third-order valence-electron chi connectivity index (χ3n) is 3.29. The Hall–Kier alpha value is -2.71. The number of phenols is 1. The summed E-state index contributed by atoms with van der Waals surface area (Å²) in [6.45, 7) is 1.85. The van der Waals surface area contributed by atoms with Crippen LogP contribution in [0.2, 0.25) is 0 Å².